The molecule has 0 radical (unpaired) electrons. The highest BCUT2D eigenvalue weighted by atomic mass is 35.5. The van der Waals surface area contributed by atoms with E-state index in [1.165, 1.54) is 6.33 Å². The van der Waals surface area contributed by atoms with Crippen LogP contribution < -0.4 is 0 Å². The number of amides is 1. The lowest BCUT2D eigenvalue weighted by atomic mass is 10.0. The van der Waals surface area contributed by atoms with Gasteiger partial charge in [-0.15, -0.1) is 0 Å². The van der Waals surface area contributed by atoms with E-state index in [0.29, 0.717) is 29.4 Å². The second-order valence-corrected chi connectivity index (χ2v) is 7.04. The third kappa shape index (κ3) is 4.01. The monoisotopic (exact) mass is 382 g/mol. The number of hydrogen-bond acceptors (Lipinski definition) is 5. The van der Waals surface area contributed by atoms with Crippen LogP contribution in [0.4, 0.5) is 0 Å². The van der Waals surface area contributed by atoms with Gasteiger partial charge in [-0.1, -0.05) is 23.7 Å². The fourth-order valence-corrected chi connectivity index (χ4v) is 3.49. The third-order valence-corrected chi connectivity index (χ3v) is 4.97. The van der Waals surface area contributed by atoms with Gasteiger partial charge in [0.05, 0.1) is 11.8 Å². The molecule has 6 nitrogen and oxygen atoms in total. The summed E-state index contributed by atoms with van der Waals surface area (Å²) in [6.45, 7) is 0.674. The molecule has 0 N–H and O–H groups in total. The normalized spacial score (nSPS) is 17.1. The quantitative estimate of drug-likeness (QED) is 0.679. The molecule has 1 aromatic carbocycles. The summed E-state index contributed by atoms with van der Waals surface area (Å²) in [4.78, 5) is 27.1. The molecule has 3 heterocycles. The van der Waals surface area contributed by atoms with Crippen LogP contribution >= 0.6 is 11.6 Å². The van der Waals surface area contributed by atoms with Crippen LogP contribution in [0.15, 0.2) is 53.6 Å². The predicted octanol–water partition coefficient (Wildman–Crippen LogP) is 4.08. The van der Waals surface area contributed by atoms with Gasteiger partial charge >= 0.3 is 0 Å². The zero-order chi connectivity index (χ0) is 18.6. The Balaban J connectivity index is 1.53. The van der Waals surface area contributed by atoms with Gasteiger partial charge in [0.25, 0.3) is 5.91 Å². The maximum Gasteiger partial charge on any atom is 0.257 e. The number of halogens is 1. The van der Waals surface area contributed by atoms with Crippen LogP contribution in [0.2, 0.25) is 5.02 Å². The molecule has 1 fully saturated rings. The number of aromatic nitrogens is 3. The van der Waals surface area contributed by atoms with Gasteiger partial charge in [0.2, 0.25) is 5.89 Å². The Labute approximate surface area is 162 Å². The zero-order valence-corrected chi connectivity index (χ0v) is 15.5. The van der Waals surface area contributed by atoms with Gasteiger partial charge in [-0.2, -0.15) is 0 Å². The maximum absolute atomic E-state index is 12.9. The molecule has 1 atom stereocenters. The first-order valence-corrected chi connectivity index (χ1v) is 9.33. The van der Waals surface area contributed by atoms with Crippen LogP contribution in [0, 0.1) is 0 Å². The summed E-state index contributed by atoms with van der Waals surface area (Å²) < 4.78 is 6.00. The largest absolute Gasteiger partial charge is 0.443 e. The van der Waals surface area contributed by atoms with Crippen molar-refractivity contribution in [3.8, 4) is 0 Å². The summed E-state index contributed by atoms with van der Waals surface area (Å²) >= 11 is 5.93. The fraction of sp³-hybridized carbons (Fsp3) is 0.300. The molecule has 138 valence electrons. The Kier molecular flexibility index (Phi) is 5.16. The number of nitrogens with zero attached hydrogens (tertiary/aromatic N) is 4. The summed E-state index contributed by atoms with van der Waals surface area (Å²) in [5.74, 6) is 1.27. The van der Waals surface area contributed by atoms with Crippen LogP contribution in [0.1, 0.15) is 52.9 Å². The van der Waals surface area contributed by atoms with E-state index in [9.17, 15) is 4.79 Å². The highest BCUT2D eigenvalue weighted by Crippen LogP contribution is 2.32. The summed E-state index contributed by atoms with van der Waals surface area (Å²) in [5.41, 5.74) is 1.58. The van der Waals surface area contributed by atoms with Crippen LogP contribution in [-0.4, -0.2) is 32.3 Å². The fourth-order valence-electron chi connectivity index (χ4n) is 3.37. The van der Waals surface area contributed by atoms with Crippen molar-refractivity contribution in [1.82, 2.24) is 19.9 Å². The van der Waals surface area contributed by atoms with Crippen molar-refractivity contribution in [3.63, 3.8) is 0 Å². The molecule has 27 heavy (non-hydrogen) atoms. The maximum atomic E-state index is 12.9. The molecule has 1 amide bonds. The lowest BCUT2D eigenvalue weighted by Gasteiger charge is -2.33. The molecular weight excluding hydrogens is 364 g/mol. The Morgan fingerprint density at radius 3 is 2.70 bits per heavy atom. The van der Waals surface area contributed by atoms with Gasteiger partial charge in [0.1, 0.15) is 18.1 Å². The minimum absolute atomic E-state index is 0.0854. The van der Waals surface area contributed by atoms with E-state index in [4.69, 9.17) is 16.0 Å². The minimum atomic E-state index is -0.162. The molecule has 1 saturated heterocycles. The first kappa shape index (κ1) is 17.7. The van der Waals surface area contributed by atoms with Crippen molar-refractivity contribution < 1.29 is 9.21 Å². The van der Waals surface area contributed by atoms with Gasteiger partial charge in [0, 0.05) is 30.4 Å². The van der Waals surface area contributed by atoms with E-state index in [2.05, 4.69) is 15.0 Å². The van der Waals surface area contributed by atoms with E-state index in [0.717, 1.165) is 30.6 Å². The predicted molar refractivity (Wildman–Crippen MR) is 100 cm³/mol. The second kappa shape index (κ2) is 7.88. The molecule has 0 bridgehead atoms. The Morgan fingerprint density at radius 2 is 1.93 bits per heavy atom. The molecule has 4 rings (SSSR count). The first-order chi connectivity index (χ1) is 13.2. The average molecular weight is 383 g/mol. The number of hydrogen-bond donors (Lipinski definition) is 0. The number of oxazole rings is 1. The minimum Gasteiger partial charge on any atom is -0.443 e. The third-order valence-electron chi connectivity index (χ3n) is 4.72. The Bertz CT molecular complexity index is 911. The van der Waals surface area contributed by atoms with Gasteiger partial charge < -0.3 is 9.32 Å². The molecule has 0 aliphatic carbocycles. The topological polar surface area (TPSA) is 72.1 Å². The van der Waals surface area contributed by atoms with Crippen molar-refractivity contribution in [2.45, 2.75) is 31.7 Å². The molecule has 0 spiro atoms. The number of likely N-dealkylation sites (tertiary alicyclic amines) is 1. The van der Waals surface area contributed by atoms with E-state index in [1.54, 1.807) is 18.6 Å². The zero-order valence-electron chi connectivity index (χ0n) is 14.7. The van der Waals surface area contributed by atoms with Crippen molar-refractivity contribution in [2.24, 2.45) is 0 Å². The van der Waals surface area contributed by atoms with Crippen LogP contribution in [0.3, 0.4) is 0 Å². The Hall–Kier alpha value is -2.73. The van der Waals surface area contributed by atoms with Crippen molar-refractivity contribution >= 4 is 17.5 Å². The number of piperidine rings is 1. The summed E-state index contributed by atoms with van der Waals surface area (Å²) in [6.07, 6.45) is 9.72. The SMILES string of the molecule is O=C(c1cncnc1)N1CCCC[C@H]1c1ncc(Cc2ccc(Cl)cc2)o1. The number of carbonyl (C=O) groups is 1. The van der Waals surface area contributed by atoms with E-state index >= 15 is 0 Å². The van der Waals surface area contributed by atoms with Gasteiger partial charge in [-0.25, -0.2) is 15.0 Å². The average Bonchev–Trinajstić information content (AvgIpc) is 3.18. The van der Waals surface area contributed by atoms with Gasteiger partial charge in [-0.05, 0) is 37.0 Å². The van der Waals surface area contributed by atoms with Crippen LogP contribution in [0.5, 0.6) is 0 Å². The molecular formula is C20H19ClN4O2. The standard InChI is InChI=1S/C20H19ClN4O2/c21-16-6-4-14(5-7-16)9-17-12-24-19(27-17)18-3-1-2-8-25(18)20(26)15-10-22-13-23-11-15/h4-7,10-13,18H,1-3,8-9H2/t18-/m0/s1. The van der Waals surface area contributed by atoms with Crippen LogP contribution in [-0.2, 0) is 6.42 Å². The highest BCUT2D eigenvalue weighted by Gasteiger charge is 2.32. The highest BCUT2D eigenvalue weighted by molar-refractivity contribution is 6.30. The molecule has 0 saturated carbocycles. The number of benzene rings is 1. The smallest absolute Gasteiger partial charge is 0.257 e. The van der Waals surface area contributed by atoms with E-state index < -0.39 is 0 Å². The van der Waals surface area contributed by atoms with Crippen molar-refractivity contribution in [1.29, 1.82) is 0 Å². The van der Waals surface area contributed by atoms with Crippen molar-refractivity contribution in [2.75, 3.05) is 6.54 Å². The molecule has 7 heteroatoms. The summed E-state index contributed by atoms with van der Waals surface area (Å²) in [5, 5.41) is 0.707. The lowest BCUT2D eigenvalue weighted by Crippen LogP contribution is -2.38. The molecule has 0 unspecified atom stereocenters. The van der Waals surface area contributed by atoms with Gasteiger partial charge in [-0.3, -0.25) is 4.79 Å². The number of carbonyl (C=O) groups excluding carboxylic acids is 1. The molecule has 2 aromatic heterocycles. The molecule has 1 aliphatic rings. The van der Waals surface area contributed by atoms with Crippen molar-refractivity contribution in [3.05, 3.63) is 77.0 Å². The molecule has 3 aromatic rings. The Morgan fingerprint density at radius 1 is 1.15 bits per heavy atom. The van der Waals surface area contributed by atoms with Crippen LogP contribution in [0.25, 0.3) is 0 Å². The van der Waals surface area contributed by atoms with E-state index in [1.807, 2.05) is 29.2 Å². The first-order valence-electron chi connectivity index (χ1n) is 8.96. The molecule has 1 aliphatic heterocycles. The number of rotatable bonds is 4. The second-order valence-electron chi connectivity index (χ2n) is 6.61. The lowest BCUT2D eigenvalue weighted by molar-refractivity contribution is 0.0569. The van der Waals surface area contributed by atoms with Gasteiger partial charge in [0.15, 0.2) is 0 Å². The van der Waals surface area contributed by atoms with E-state index in [-0.39, 0.29) is 11.9 Å². The summed E-state index contributed by atoms with van der Waals surface area (Å²) in [6, 6.07) is 7.49. The summed E-state index contributed by atoms with van der Waals surface area (Å²) in [7, 11) is 0.